The summed E-state index contributed by atoms with van der Waals surface area (Å²) in [5.74, 6) is 1.11. The second-order valence-electron chi connectivity index (χ2n) is 4.43. The Hall–Kier alpha value is -2.27. The molecule has 4 nitrogen and oxygen atoms in total. The predicted octanol–water partition coefficient (Wildman–Crippen LogP) is 4.19. The van der Waals surface area contributed by atoms with E-state index < -0.39 is 0 Å². The van der Waals surface area contributed by atoms with Crippen LogP contribution in [0.15, 0.2) is 38.5 Å². The van der Waals surface area contributed by atoms with E-state index in [-0.39, 0.29) is 0 Å². The lowest BCUT2D eigenvalue weighted by Crippen LogP contribution is -1.87. The smallest absolute Gasteiger partial charge is 0.264 e. The number of benzene rings is 1. The van der Waals surface area contributed by atoms with Crippen LogP contribution in [0.4, 0.5) is 5.69 Å². The molecule has 3 aromatic heterocycles. The minimum atomic E-state index is 0.472. The van der Waals surface area contributed by atoms with Gasteiger partial charge >= 0.3 is 0 Å². The van der Waals surface area contributed by atoms with Crippen molar-refractivity contribution < 1.29 is 8.83 Å². The van der Waals surface area contributed by atoms with Gasteiger partial charge in [0.05, 0.1) is 10.4 Å². The van der Waals surface area contributed by atoms with Crippen molar-refractivity contribution in [3.8, 4) is 11.7 Å². The highest BCUT2D eigenvalue weighted by molar-refractivity contribution is 7.17. The number of fused-ring (bicyclic) bond motifs is 2. The number of oxazole rings is 1. The van der Waals surface area contributed by atoms with Crippen LogP contribution in [0.3, 0.4) is 0 Å². The van der Waals surface area contributed by atoms with E-state index in [2.05, 4.69) is 4.98 Å². The van der Waals surface area contributed by atoms with Gasteiger partial charge in [-0.05, 0) is 30.0 Å². The van der Waals surface area contributed by atoms with Crippen LogP contribution in [0.25, 0.3) is 33.0 Å². The molecule has 0 bridgehead atoms. The largest absolute Gasteiger partial charge is 0.450 e. The molecule has 4 rings (SSSR count). The van der Waals surface area contributed by atoms with Crippen LogP contribution in [0.5, 0.6) is 0 Å². The Bertz CT molecular complexity index is 833. The molecular weight excluding hydrogens is 260 g/mol. The van der Waals surface area contributed by atoms with E-state index in [1.54, 1.807) is 11.3 Å². The van der Waals surface area contributed by atoms with Crippen LogP contribution in [-0.2, 0) is 0 Å². The Kier molecular flexibility index (Phi) is 2.02. The molecule has 4 aromatic rings. The molecule has 0 fully saturated rings. The molecule has 0 atom stereocenters. The predicted molar refractivity (Wildman–Crippen MR) is 76.2 cm³/mol. The highest BCUT2D eigenvalue weighted by Gasteiger charge is 2.16. The number of aromatic nitrogens is 1. The average molecular weight is 270 g/mol. The van der Waals surface area contributed by atoms with Gasteiger partial charge in [-0.25, -0.2) is 4.98 Å². The third-order valence-electron chi connectivity index (χ3n) is 3.12. The van der Waals surface area contributed by atoms with Gasteiger partial charge in [0.15, 0.2) is 11.3 Å². The molecule has 3 heterocycles. The lowest BCUT2D eigenvalue weighted by Gasteiger charge is -1.95. The van der Waals surface area contributed by atoms with Gasteiger partial charge in [-0.1, -0.05) is 6.07 Å². The minimum absolute atomic E-state index is 0.472. The van der Waals surface area contributed by atoms with E-state index in [9.17, 15) is 0 Å². The molecule has 94 valence electrons. The van der Waals surface area contributed by atoms with Crippen LogP contribution < -0.4 is 5.73 Å². The van der Waals surface area contributed by atoms with E-state index in [0.29, 0.717) is 22.9 Å². The van der Waals surface area contributed by atoms with Gasteiger partial charge in [0, 0.05) is 6.07 Å². The number of rotatable bonds is 1. The van der Waals surface area contributed by atoms with E-state index in [1.807, 2.05) is 36.6 Å². The van der Waals surface area contributed by atoms with Gasteiger partial charge in [-0.2, -0.15) is 0 Å². The fourth-order valence-corrected chi connectivity index (χ4v) is 2.87. The monoisotopic (exact) mass is 270 g/mol. The lowest BCUT2D eigenvalue weighted by molar-refractivity contribution is 0.559. The number of hydrogen-bond donors (Lipinski definition) is 1. The number of thiophene rings is 1. The van der Waals surface area contributed by atoms with Crippen LogP contribution in [-0.4, -0.2) is 4.98 Å². The number of nitrogens with zero attached hydrogens (tertiary/aromatic N) is 1. The van der Waals surface area contributed by atoms with Crippen LogP contribution >= 0.6 is 11.3 Å². The SMILES string of the molecule is Cc1ccc(N)c2nc(-c3cc4sccc4o3)oc12. The summed E-state index contributed by atoms with van der Waals surface area (Å²) in [5, 5.41) is 1.99. The molecule has 0 aliphatic heterocycles. The van der Waals surface area contributed by atoms with Crippen molar-refractivity contribution in [2.45, 2.75) is 6.92 Å². The van der Waals surface area contributed by atoms with E-state index in [4.69, 9.17) is 14.6 Å². The summed E-state index contributed by atoms with van der Waals surface area (Å²) in [6, 6.07) is 7.64. The zero-order chi connectivity index (χ0) is 13.0. The maximum absolute atomic E-state index is 5.92. The Morgan fingerprint density at radius 1 is 1.21 bits per heavy atom. The fourth-order valence-electron chi connectivity index (χ4n) is 2.13. The number of aryl methyl sites for hydroxylation is 1. The quantitative estimate of drug-likeness (QED) is 0.526. The van der Waals surface area contributed by atoms with Gasteiger partial charge in [0.25, 0.3) is 5.89 Å². The average Bonchev–Trinajstić information content (AvgIpc) is 3.05. The zero-order valence-corrected chi connectivity index (χ0v) is 11.0. The molecule has 5 heteroatoms. The number of furan rings is 1. The molecule has 0 saturated heterocycles. The Balaban J connectivity index is 1.98. The summed E-state index contributed by atoms with van der Waals surface area (Å²) >= 11 is 1.63. The van der Waals surface area contributed by atoms with E-state index in [0.717, 1.165) is 21.4 Å². The molecule has 0 radical (unpaired) electrons. The van der Waals surface area contributed by atoms with E-state index >= 15 is 0 Å². The van der Waals surface area contributed by atoms with Gasteiger partial charge in [-0.15, -0.1) is 11.3 Å². The first-order valence-corrected chi connectivity index (χ1v) is 6.73. The maximum atomic E-state index is 5.92. The molecule has 0 aliphatic carbocycles. The van der Waals surface area contributed by atoms with Crippen LogP contribution in [0.2, 0.25) is 0 Å². The first kappa shape index (κ1) is 10.6. The second-order valence-corrected chi connectivity index (χ2v) is 5.38. The molecule has 0 amide bonds. The molecule has 0 spiro atoms. The molecule has 0 unspecified atom stereocenters. The van der Waals surface area contributed by atoms with Crippen molar-refractivity contribution in [1.82, 2.24) is 4.98 Å². The molecule has 19 heavy (non-hydrogen) atoms. The van der Waals surface area contributed by atoms with Crippen molar-refractivity contribution in [3.05, 3.63) is 35.2 Å². The number of nitrogens with two attached hydrogens (primary N) is 1. The van der Waals surface area contributed by atoms with Crippen molar-refractivity contribution in [3.63, 3.8) is 0 Å². The lowest BCUT2D eigenvalue weighted by atomic mass is 10.2. The Morgan fingerprint density at radius 2 is 2.11 bits per heavy atom. The van der Waals surface area contributed by atoms with Gasteiger partial charge in [0.2, 0.25) is 0 Å². The fraction of sp³-hybridized carbons (Fsp3) is 0.0714. The maximum Gasteiger partial charge on any atom is 0.264 e. The highest BCUT2D eigenvalue weighted by Crippen LogP contribution is 2.34. The Morgan fingerprint density at radius 3 is 2.89 bits per heavy atom. The van der Waals surface area contributed by atoms with Crippen molar-refractivity contribution in [1.29, 1.82) is 0 Å². The van der Waals surface area contributed by atoms with Crippen molar-refractivity contribution in [2.24, 2.45) is 0 Å². The first-order valence-electron chi connectivity index (χ1n) is 5.85. The highest BCUT2D eigenvalue weighted by atomic mass is 32.1. The van der Waals surface area contributed by atoms with Gasteiger partial charge < -0.3 is 14.6 Å². The third-order valence-corrected chi connectivity index (χ3v) is 3.97. The summed E-state index contributed by atoms with van der Waals surface area (Å²) in [6.07, 6.45) is 0. The Labute approximate surface area is 112 Å². The molecular formula is C14H10N2O2S. The number of anilines is 1. The normalized spacial score (nSPS) is 11.6. The summed E-state index contributed by atoms with van der Waals surface area (Å²) < 4.78 is 12.6. The summed E-state index contributed by atoms with van der Waals surface area (Å²) in [7, 11) is 0. The molecule has 0 saturated carbocycles. The van der Waals surface area contributed by atoms with Crippen molar-refractivity contribution in [2.75, 3.05) is 5.73 Å². The zero-order valence-electron chi connectivity index (χ0n) is 10.1. The molecule has 2 N–H and O–H groups in total. The third kappa shape index (κ3) is 1.48. The van der Waals surface area contributed by atoms with Crippen molar-refractivity contribution >= 4 is 38.4 Å². The standard InChI is InChI=1S/C14H10N2O2S/c1-7-2-3-8(15)12-13(7)18-14(16-12)10-6-11-9(17-10)4-5-19-11/h2-6H,15H2,1H3. The van der Waals surface area contributed by atoms with Crippen LogP contribution in [0.1, 0.15) is 5.56 Å². The number of nitrogen functional groups attached to an aromatic ring is 1. The second kappa shape index (κ2) is 3.61. The summed E-state index contributed by atoms with van der Waals surface area (Å²) in [5.41, 5.74) is 9.81. The van der Waals surface area contributed by atoms with Gasteiger partial charge in [-0.3, -0.25) is 0 Å². The minimum Gasteiger partial charge on any atom is -0.450 e. The molecule has 1 aromatic carbocycles. The topological polar surface area (TPSA) is 65.2 Å². The summed E-state index contributed by atoms with van der Waals surface area (Å²) in [4.78, 5) is 4.44. The number of hydrogen-bond acceptors (Lipinski definition) is 5. The summed E-state index contributed by atoms with van der Waals surface area (Å²) in [6.45, 7) is 1.97. The first-order chi connectivity index (χ1) is 9.22. The van der Waals surface area contributed by atoms with E-state index in [1.165, 1.54) is 0 Å². The van der Waals surface area contributed by atoms with Crippen LogP contribution in [0, 0.1) is 6.92 Å². The molecule has 0 aliphatic rings. The van der Waals surface area contributed by atoms with Gasteiger partial charge in [0.1, 0.15) is 11.1 Å².